The van der Waals surface area contributed by atoms with Gasteiger partial charge in [-0.3, -0.25) is 0 Å². The van der Waals surface area contributed by atoms with Gasteiger partial charge in [-0.05, 0) is 13.0 Å². The van der Waals surface area contributed by atoms with Gasteiger partial charge in [0.15, 0.2) is 11.0 Å². The smallest absolute Gasteiger partial charge is 0.343 e. The van der Waals surface area contributed by atoms with Gasteiger partial charge >= 0.3 is 5.97 Å². The number of rotatable bonds is 4. The number of nitrogens with zero attached hydrogens (tertiary/aromatic N) is 1. The molecule has 0 aromatic carbocycles. The van der Waals surface area contributed by atoms with Crippen LogP contribution < -0.4 is 0 Å². The van der Waals surface area contributed by atoms with Crippen molar-refractivity contribution in [1.82, 2.24) is 4.98 Å². The molecular formula is C11H9Cl2FN2O3. The summed E-state index contributed by atoms with van der Waals surface area (Å²) in [6.07, 6.45) is 0.580. The summed E-state index contributed by atoms with van der Waals surface area (Å²) in [5, 5.41) is 16.2. The summed E-state index contributed by atoms with van der Waals surface area (Å²) in [4.78, 5) is 14.9. The minimum absolute atomic E-state index is 0.0599. The van der Waals surface area contributed by atoms with Crippen molar-refractivity contribution < 1.29 is 19.0 Å². The predicted octanol–water partition coefficient (Wildman–Crippen LogP) is 3.01. The normalized spacial score (nSPS) is 11.8. The average molecular weight is 307 g/mol. The molecule has 2 N–H and O–H groups in total. The monoisotopic (exact) mass is 306 g/mol. The summed E-state index contributed by atoms with van der Waals surface area (Å²) in [5.41, 5.74) is -0.720. The maximum absolute atomic E-state index is 13.3. The summed E-state index contributed by atoms with van der Waals surface area (Å²) in [6.45, 7) is 1.62. The number of nitrogens with one attached hydrogen (secondary N) is 1. The van der Waals surface area contributed by atoms with Crippen molar-refractivity contribution in [1.29, 1.82) is 5.41 Å². The first-order chi connectivity index (χ1) is 8.92. The lowest BCUT2D eigenvalue weighted by Crippen LogP contribution is -2.11. The van der Waals surface area contributed by atoms with Gasteiger partial charge in [0.05, 0.1) is 12.2 Å². The van der Waals surface area contributed by atoms with Crippen LogP contribution in [0.3, 0.4) is 0 Å². The molecular weight excluding hydrogens is 298 g/mol. The number of aromatic nitrogens is 1. The maximum Gasteiger partial charge on any atom is 0.343 e. The Morgan fingerprint density at radius 2 is 2.21 bits per heavy atom. The van der Waals surface area contributed by atoms with E-state index in [9.17, 15) is 14.3 Å². The van der Waals surface area contributed by atoms with Gasteiger partial charge in [0.25, 0.3) is 0 Å². The van der Waals surface area contributed by atoms with E-state index in [1.54, 1.807) is 6.92 Å². The van der Waals surface area contributed by atoms with Crippen LogP contribution >= 0.6 is 23.2 Å². The van der Waals surface area contributed by atoms with Crippen molar-refractivity contribution in [2.45, 2.75) is 6.92 Å². The molecule has 0 spiro atoms. The first-order valence-corrected chi connectivity index (χ1v) is 5.80. The van der Waals surface area contributed by atoms with E-state index in [1.807, 2.05) is 0 Å². The van der Waals surface area contributed by atoms with Crippen molar-refractivity contribution in [2.24, 2.45) is 0 Å². The van der Waals surface area contributed by atoms with Crippen LogP contribution in [0.15, 0.2) is 11.6 Å². The summed E-state index contributed by atoms with van der Waals surface area (Å²) in [6, 6.07) is 0.815. The Bertz CT molecular complexity index is 561. The zero-order valence-electron chi connectivity index (χ0n) is 9.71. The first kappa shape index (κ1) is 15.4. The average Bonchev–Trinajstić information content (AvgIpc) is 2.34. The third-order valence-corrected chi connectivity index (χ3v) is 2.59. The molecule has 5 nitrogen and oxygen atoms in total. The topological polar surface area (TPSA) is 83.3 Å². The molecule has 0 unspecified atom stereocenters. The van der Waals surface area contributed by atoms with E-state index in [0.29, 0.717) is 6.21 Å². The van der Waals surface area contributed by atoms with Crippen LogP contribution in [0.5, 0.6) is 0 Å². The summed E-state index contributed by atoms with van der Waals surface area (Å²) in [5.74, 6) is -2.55. The van der Waals surface area contributed by atoms with E-state index in [4.69, 9.17) is 28.6 Å². The summed E-state index contributed by atoms with van der Waals surface area (Å²) >= 11 is 11.1. The highest BCUT2D eigenvalue weighted by Crippen LogP contribution is 2.26. The minimum atomic E-state index is -0.929. The third-order valence-electron chi connectivity index (χ3n) is 2.04. The molecule has 8 heteroatoms. The number of hydrogen-bond donors (Lipinski definition) is 2. The van der Waals surface area contributed by atoms with Crippen molar-refractivity contribution in [3.8, 4) is 0 Å². The van der Waals surface area contributed by atoms with Crippen LogP contribution in [0, 0.1) is 11.2 Å². The number of carbonyl (C=O) groups excluding carboxylic acids is 1. The SMILES string of the molecule is CCOC(=O)/C(C=N)=C(\O)c1cc(F)c(Cl)nc1Cl. The van der Waals surface area contributed by atoms with E-state index in [1.165, 1.54) is 0 Å². The van der Waals surface area contributed by atoms with Gasteiger partial charge in [-0.25, -0.2) is 14.2 Å². The van der Waals surface area contributed by atoms with Crippen molar-refractivity contribution in [3.05, 3.63) is 33.3 Å². The number of hydrogen-bond acceptors (Lipinski definition) is 5. The lowest BCUT2D eigenvalue weighted by atomic mass is 10.1. The highest BCUT2D eigenvalue weighted by Gasteiger charge is 2.20. The fraction of sp³-hybridized carbons (Fsp3) is 0.182. The standard InChI is InChI=1S/C11H9Cl2FN2O3/c1-2-19-11(18)6(4-15)8(17)5-3-7(14)10(13)16-9(5)12/h3-4,15,17H,2H2,1H3/b8-6-,15-4?. The van der Waals surface area contributed by atoms with E-state index < -0.39 is 28.3 Å². The van der Waals surface area contributed by atoms with Gasteiger partial charge < -0.3 is 15.3 Å². The molecule has 19 heavy (non-hydrogen) atoms. The molecule has 0 bridgehead atoms. The molecule has 0 saturated heterocycles. The number of ether oxygens (including phenoxy) is 1. The quantitative estimate of drug-likeness (QED) is 0.294. The van der Waals surface area contributed by atoms with Crippen LogP contribution in [-0.2, 0) is 9.53 Å². The molecule has 0 aliphatic carbocycles. The molecule has 1 heterocycles. The number of aliphatic hydroxyl groups is 1. The molecule has 102 valence electrons. The second-order valence-electron chi connectivity index (χ2n) is 3.23. The van der Waals surface area contributed by atoms with E-state index >= 15 is 0 Å². The fourth-order valence-corrected chi connectivity index (χ4v) is 1.60. The molecule has 0 saturated carbocycles. The maximum atomic E-state index is 13.3. The van der Waals surface area contributed by atoms with Crippen molar-refractivity contribution in [2.75, 3.05) is 6.61 Å². The second-order valence-corrected chi connectivity index (χ2v) is 3.94. The third kappa shape index (κ3) is 3.42. The van der Waals surface area contributed by atoms with Crippen LogP contribution in [0.2, 0.25) is 10.3 Å². The number of esters is 1. The lowest BCUT2D eigenvalue weighted by molar-refractivity contribution is -0.137. The van der Waals surface area contributed by atoms with Gasteiger partial charge in [-0.2, -0.15) is 0 Å². The zero-order chi connectivity index (χ0) is 14.6. The molecule has 0 fully saturated rings. The van der Waals surface area contributed by atoms with Gasteiger partial charge in [-0.15, -0.1) is 0 Å². The number of aliphatic hydroxyl groups excluding tert-OH is 1. The molecule has 0 atom stereocenters. The van der Waals surface area contributed by atoms with Gasteiger partial charge in [0.2, 0.25) is 0 Å². The molecule has 1 aromatic rings. The van der Waals surface area contributed by atoms with Crippen LogP contribution in [0.25, 0.3) is 5.76 Å². The van der Waals surface area contributed by atoms with Crippen LogP contribution in [-0.4, -0.2) is 28.9 Å². The minimum Gasteiger partial charge on any atom is -0.506 e. The number of pyridine rings is 1. The van der Waals surface area contributed by atoms with Gasteiger partial charge in [-0.1, -0.05) is 23.2 Å². The first-order valence-electron chi connectivity index (χ1n) is 5.05. The second kappa shape index (κ2) is 6.49. The molecule has 0 radical (unpaired) electrons. The Morgan fingerprint density at radius 1 is 1.58 bits per heavy atom. The fourth-order valence-electron chi connectivity index (χ4n) is 1.19. The van der Waals surface area contributed by atoms with Crippen molar-refractivity contribution >= 4 is 41.1 Å². The lowest BCUT2D eigenvalue weighted by Gasteiger charge is -2.08. The van der Waals surface area contributed by atoms with Crippen LogP contribution in [0.4, 0.5) is 4.39 Å². The molecule has 1 rings (SSSR count). The Hall–Kier alpha value is -1.66. The largest absolute Gasteiger partial charge is 0.506 e. The number of halogens is 3. The zero-order valence-corrected chi connectivity index (χ0v) is 11.2. The molecule has 0 amide bonds. The van der Waals surface area contributed by atoms with E-state index in [2.05, 4.69) is 9.72 Å². The van der Waals surface area contributed by atoms with Crippen LogP contribution in [0.1, 0.15) is 12.5 Å². The van der Waals surface area contributed by atoms with Gasteiger partial charge in [0.1, 0.15) is 16.5 Å². The van der Waals surface area contributed by atoms with E-state index in [-0.39, 0.29) is 17.3 Å². The Morgan fingerprint density at radius 3 is 2.74 bits per heavy atom. The van der Waals surface area contributed by atoms with E-state index in [0.717, 1.165) is 6.07 Å². The van der Waals surface area contributed by atoms with Crippen molar-refractivity contribution in [3.63, 3.8) is 0 Å². The highest BCUT2D eigenvalue weighted by atomic mass is 35.5. The Kier molecular flexibility index (Phi) is 5.26. The Labute approximate surface area is 118 Å². The molecule has 0 aliphatic heterocycles. The van der Waals surface area contributed by atoms with Gasteiger partial charge in [0, 0.05) is 6.21 Å². The Balaban J connectivity index is 3.37. The predicted molar refractivity (Wildman–Crippen MR) is 69.2 cm³/mol. The highest BCUT2D eigenvalue weighted by molar-refractivity contribution is 6.33. The molecule has 1 aromatic heterocycles. The number of carbonyl (C=O) groups is 1. The summed E-state index contributed by atoms with van der Waals surface area (Å²) in [7, 11) is 0. The summed E-state index contributed by atoms with van der Waals surface area (Å²) < 4.78 is 17.9. The molecule has 0 aliphatic rings.